The molecule has 1 amide bonds. The van der Waals surface area contributed by atoms with E-state index in [4.69, 9.17) is 32.6 Å². The zero-order valence-electron chi connectivity index (χ0n) is 16.6. The molecule has 1 aromatic carbocycles. The largest absolute Gasteiger partial charge is 0.480 e. The number of terminal acetylenes is 1. The van der Waals surface area contributed by atoms with Crippen LogP contribution in [0.15, 0.2) is 28.7 Å². The summed E-state index contributed by atoms with van der Waals surface area (Å²) in [6.45, 7) is 3.35. The second kappa shape index (κ2) is 9.07. The molecule has 0 radical (unpaired) electrons. The Kier molecular flexibility index (Phi) is 6.26. The summed E-state index contributed by atoms with van der Waals surface area (Å²) in [5.41, 5.74) is 2.39. The number of carbonyl (C=O) groups excluding carboxylic acids is 1. The highest BCUT2D eigenvalue weighted by Gasteiger charge is 2.31. The maximum atomic E-state index is 11.5. The van der Waals surface area contributed by atoms with Crippen LogP contribution >= 0.6 is 22.9 Å². The number of benzene rings is 1. The first kappa shape index (κ1) is 20.7. The van der Waals surface area contributed by atoms with Crippen LogP contribution < -0.4 is 4.74 Å². The molecule has 156 valence electrons. The minimum absolute atomic E-state index is 0.141. The first-order valence-electron chi connectivity index (χ1n) is 9.85. The van der Waals surface area contributed by atoms with E-state index >= 15 is 0 Å². The Bertz CT molecular complexity index is 1010. The lowest BCUT2D eigenvalue weighted by Gasteiger charge is -2.30. The average molecular weight is 444 g/mol. The maximum absolute atomic E-state index is 11.5. The topological polar surface area (TPSA) is 64.0 Å². The van der Waals surface area contributed by atoms with Crippen LogP contribution in [0, 0.1) is 12.3 Å². The second-order valence-corrected chi connectivity index (χ2v) is 8.63. The van der Waals surface area contributed by atoms with Crippen molar-refractivity contribution in [1.29, 1.82) is 0 Å². The van der Waals surface area contributed by atoms with E-state index in [0.717, 1.165) is 47.9 Å². The molecule has 4 rings (SSSR count). The normalized spacial score (nSPS) is 19.2. The Morgan fingerprint density at radius 3 is 2.97 bits per heavy atom. The van der Waals surface area contributed by atoms with E-state index in [-0.39, 0.29) is 18.6 Å². The van der Waals surface area contributed by atoms with Crippen LogP contribution in [0.3, 0.4) is 0 Å². The van der Waals surface area contributed by atoms with Crippen molar-refractivity contribution in [2.75, 3.05) is 19.7 Å². The Balaban J connectivity index is 1.44. The zero-order chi connectivity index (χ0) is 21.1. The fourth-order valence-electron chi connectivity index (χ4n) is 3.81. The number of halogens is 1. The number of hydrogen-bond donors (Lipinski definition) is 0. The van der Waals surface area contributed by atoms with Gasteiger partial charge in [-0.15, -0.1) is 17.8 Å². The summed E-state index contributed by atoms with van der Waals surface area (Å²) in [7, 11) is 0. The number of carbonyl (C=O) groups is 1. The molecule has 30 heavy (non-hydrogen) atoms. The third kappa shape index (κ3) is 4.30. The predicted octanol–water partition coefficient (Wildman–Crippen LogP) is 4.40. The SMILES string of the molecule is C#CCOc1cccc(Cl)c1C1CC(c2csc(C3CCN(C(C)=O)CC3)n2)=NO1. The van der Waals surface area contributed by atoms with E-state index in [9.17, 15) is 4.79 Å². The van der Waals surface area contributed by atoms with Gasteiger partial charge in [0.05, 0.1) is 21.3 Å². The van der Waals surface area contributed by atoms with E-state index in [1.807, 2.05) is 22.4 Å². The molecule has 1 atom stereocenters. The standard InChI is InChI=1S/C22H22ClN3O3S/c1-3-11-28-19-6-4-5-16(23)21(19)20-12-17(25-29-20)18-13-30-22(24-18)15-7-9-26(10-8-15)14(2)27/h1,4-6,13,15,20H,7-12H2,2H3. The van der Waals surface area contributed by atoms with Crippen molar-refractivity contribution >= 4 is 34.6 Å². The van der Waals surface area contributed by atoms with Crippen molar-refractivity contribution < 1.29 is 14.4 Å². The highest BCUT2D eigenvalue weighted by atomic mass is 35.5. The van der Waals surface area contributed by atoms with Gasteiger partial charge in [0.25, 0.3) is 0 Å². The van der Waals surface area contributed by atoms with Gasteiger partial charge in [-0.1, -0.05) is 28.7 Å². The van der Waals surface area contributed by atoms with Gasteiger partial charge in [-0.05, 0) is 25.0 Å². The Hall–Kier alpha value is -2.56. The molecule has 2 aromatic rings. The lowest BCUT2D eigenvalue weighted by molar-refractivity contribution is -0.129. The summed E-state index contributed by atoms with van der Waals surface area (Å²) in [4.78, 5) is 23.9. The number of thiazole rings is 1. The predicted molar refractivity (Wildman–Crippen MR) is 117 cm³/mol. The number of oxime groups is 1. The summed E-state index contributed by atoms with van der Waals surface area (Å²) in [6.07, 6.45) is 7.41. The molecule has 0 saturated carbocycles. The van der Waals surface area contributed by atoms with Gasteiger partial charge in [0, 0.05) is 37.7 Å². The minimum Gasteiger partial charge on any atom is -0.480 e. The number of ether oxygens (including phenoxy) is 1. The number of hydrogen-bond acceptors (Lipinski definition) is 6. The number of rotatable bonds is 5. The first-order chi connectivity index (χ1) is 14.6. The molecule has 6 nitrogen and oxygen atoms in total. The summed E-state index contributed by atoms with van der Waals surface area (Å²) in [5.74, 6) is 3.60. The van der Waals surface area contributed by atoms with E-state index in [1.165, 1.54) is 0 Å². The van der Waals surface area contributed by atoms with Crippen molar-refractivity contribution in [3.63, 3.8) is 0 Å². The number of likely N-dealkylation sites (tertiary alicyclic amines) is 1. The Morgan fingerprint density at radius 2 is 2.23 bits per heavy atom. The van der Waals surface area contributed by atoms with Gasteiger partial charge in [0.15, 0.2) is 6.10 Å². The molecule has 0 spiro atoms. The van der Waals surface area contributed by atoms with Crippen LogP contribution in [0.5, 0.6) is 5.75 Å². The third-order valence-corrected chi connectivity index (χ3v) is 6.76. The van der Waals surface area contributed by atoms with Gasteiger partial charge in [-0.3, -0.25) is 4.79 Å². The average Bonchev–Trinajstić information content (AvgIpc) is 3.42. The van der Waals surface area contributed by atoms with Crippen molar-refractivity contribution in [2.24, 2.45) is 5.16 Å². The van der Waals surface area contributed by atoms with Crippen LogP contribution in [0.25, 0.3) is 0 Å². The van der Waals surface area contributed by atoms with Gasteiger partial charge < -0.3 is 14.5 Å². The van der Waals surface area contributed by atoms with Crippen molar-refractivity contribution in [2.45, 2.75) is 38.2 Å². The molecule has 1 fully saturated rings. The van der Waals surface area contributed by atoms with E-state index < -0.39 is 0 Å². The van der Waals surface area contributed by atoms with Crippen LogP contribution in [0.2, 0.25) is 5.02 Å². The molecule has 2 aliphatic heterocycles. The van der Waals surface area contributed by atoms with Crippen molar-refractivity contribution in [3.05, 3.63) is 44.9 Å². The number of piperidine rings is 1. The minimum atomic E-state index is -0.342. The Labute approximate surface area is 184 Å². The van der Waals surface area contributed by atoms with Gasteiger partial charge in [-0.2, -0.15) is 0 Å². The lowest BCUT2D eigenvalue weighted by Crippen LogP contribution is -2.36. The van der Waals surface area contributed by atoms with Crippen molar-refractivity contribution in [3.8, 4) is 18.1 Å². The van der Waals surface area contributed by atoms with Gasteiger partial charge in [0.2, 0.25) is 5.91 Å². The van der Waals surface area contributed by atoms with E-state index in [0.29, 0.717) is 23.1 Å². The van der Waals surface area contributed by atoms with Crippen molar-refractivity contribution in [1.82, 2.24) is 9.88 Å². The molecule has 0 bridgehead atoms. The smallest absolute Gasteiger partial charge is 0.219 e. The van der Waals surface area contributed by atoms with Gasteiger partial charge in [-0.25, -0.2) is 4.98 Å². The molecule has 8 heteroatoms. The van der Waals surface area contributed by atoms with E-state index in [2.05, 4.69) is 11.1 Å². The molecule has 1 unspecified atom stereocenters. The molecular weight excluding hydrogens is 422 g/mol. The fraction of sp³-hybridized carbons (Fsp3) is 0.409. The molecule has 1 saturated heterocycles. The molecule has 2 aliphatic rings. The monoisotopic (exact) mass is 443 g/mol. The van der Waals surface area contributed by atoms with Gasteiger partial charge >= 0.3 is 0 Å². The summed E-state index contributed by atoms with van der Waals surface area (Å²) >= 11 is 8.06. The molecule has 1 aromatic heterocycles. The summed E-state index contributed by atoms with van der Waals surface area (Å²) in [5, 5.41) is 7.95. The lowest BCUT2D eigenvalue weighted by atomic mass is 9.97. The maximum Gasteiger partial charge on any atom is 0.219 e. The molecule has 0 aliphatic carbocycles. The highest BCUT2D eigenvalue weighted by molar-refractivity contribution is 7.10. The molecule has 3 heterocycles. The summed E-state index contributed by atoms with van der Waals surface area (Å²) < 4.78 is 5.64. The quantitative estimate of drug-likeness (QED) is 0.642. The highest BCUT2D eigenvalue weighted by Crippen LogP contribution is 2.40. The van der Waals surface area contributed by atoms with Gasteiger partial charge in [0.1, 0.15) is 18.1 Å². The zero-order valence-corrected chi connectivity index (χ0v) is 18.2. The number of amides is 1. The Morgan fingerprint density at radius 1 is 1.43 bits per heavy atom. The summed E-state index contributed by atoms with van der Waals surface area (Å²) in [6, 6.07) is 5.45. The number of nitrogens with zero attached hydrogens (tertiary/aromatic N) is 3. The number of aromatic nitrogens is 1. The second-order valence-electron chi connectivity index (χ2n) is 7.33. The van der Waals surface area contributed by atoms with Crippen LogP contribution in [-0.2, 0) is 9.63 Å². The van der Waals surface area contributed by atoms with Crippen LogP contribution in [0.1, 0.15) is 54.5 Å². The van der Waals surface area contributed by atoms with E-state index in [1.54, 1.807) is 24.3 Å². The molecular formula is C22H22ClN3O3S. The van der Waals surface area contributed by atoms with Crippen LogP contribution in [0.4, 0.5) is 0 Å². The first-order valence-corrected chi connectivity index (χ1v) is 11.1. The molecule has 0 N–H and O–H groups in total. The third-order valence-electron chi connectivity index (χ3n) is 5.42. The fourth-order valence-corrected chi connectivity index (χ4v) is 5.10. The van der Waals surface area contributed by atoms with Crippen LogP contribution in [-0.4, -0.2) is 41.2 Å².